The van der Waals surface area contributed by atoms with Crippen molar-refractivity contribution < 1.29 is 13.6 Å². The second kappa shape index (κ2) is 4.66. The zero-order valence-corrected chi connectivity index (χ0v) is 6.53. The number of hydrogen-bond acceptors (Lipinski definition) is 3. The molecule has 0 saturated carbocycles. The molecule has 1 amide bonds. The summed E-state index contributed by atoms with van der Waals surface area (Å²) in [5.41, 5.74) is 3.92. The van der Waals surface area contributed by atoms with Gasteiger partial charge in [0.25, 0.3) is 5.91 Å². The number of nitrogens with two attached hydrogens (primary N) is 1. The molecule has 0 aliphatic rings. The summed E-state index contributed by atoms with van der Waals surface area (Å²) in [6.07, 6.45) is 0.638. The van der Waals surface area contributed by atoms with Crippen molar-refractivity contribution in [1.29, 1.82) is 5.41 Å². The molecule has 0 spiro atoms. The highest BCUT2D eigenvalue weighted by molar-refractivity contribution is 6.58. The van der Waals surface area contributed by atoms with Gasteiger partial charge in [-0.1, -0.05) is 11.6 Å². The monoisotopic (exact) mass is 197 g/mol. The molecule has 68 valence electrons. The van der Waals surface area contributed by atoms with E-state index in [9.17, 15) is 13.6 Å². The fourth-order valence-corrected chi connectivity index (χ4v) is 0.482. The molecule has 0 aromatic heterocycles. The summed E-state index contributed by atoms with van der Waals surface area (Å²) < 4.78 is 22.9. The number of halogens is 3. The van der Waals surface area contributed by atoms with Gasteiger partial charge in [0.05, 0.1) is 5.03 Å². The third kappa shape index (κ3) is 3.87. The first-order valence-corrected chi connectivity index (χ1v) is 3.11. The molecular formula is C5H6ClF2N3O. The molecule has 0 bridgehead atoms. The van der Waals surface area contributed by atoms with Crippen LogP contribution in [0.2, 0.25) is 0 Å². The van der Waals surface area contributed by atoms with Crippen molar-refractivity contribution in [2.24, 2.45) is 5.73 Å². The molecule has 0 radical (unpaired) electrons. The maximum atomic E-state index is 11.5. The fourth-order valence-electron chi connectivity index (χ4n) is 0.326. The molecule has 7 heteroatoms. The van der Waals surface area contributed by atoms with E-state index in [0.717, 1.165) is 0 Å². The highest BCUT2D eigenvalue weighted by Crippen LogP contribution is 2.01. The van der Waals surface area contributed by atoms with Crippen molar-refractivity contribution in [3.63, 3.8) is 0 Å². The molecule has 0 aromatic rings. The van der Waals surface area contributed by atoms with Crippen LogP contribution >= 0.6 is 11.6 Å². The Kier molecular flexibility index (Phi) is 4.20. The van der Waals surface area contributed by atoms with Crippen molar-refractivity contribution in [3.8, 4) is 0 Å². The van der Waals surface area contributed by atoms with Crippen molar-refractivity contribution in [2.75, 3.05) is 0 Å². The number of amides is 1. The first-order valence-electron chi connectivity index (χ1n) is 2.73. The van der Waals surface area contributed by atoms with Crippen LogP contribution in [0, 0.1) is 5.41 Å². The average Bonchev–Trinajstić information content (AvgIpc) is 1.98. The van der Waals surface area contributed by atoms with Gasteiger partial charge in [-0.05, 0) is 0 Å². The molecule has 0 atom stereocenters. The summed E-state index contributed by atoms with van der Waals surface area (Å²) in [6, 6.07) is 0. The molecule has 0 aliphatic heterocycles. The van der Waals surface area contributed by atoms with E-state index >= 15 is 0 Å². The van der Waals surface area contributed by atoms with Crippen molar-refractivity contribution in [1.82, 2.24) is 5.32 Å². The van der Waals surface area contributed by atoms with Crippen LogP contribution < -0.4 is 11.1 Å². The van der Waals surface area contributed by atoms with Crippen LogP contribution in [0.5, 0.6) is 0 Å². The van der Waals surface area contributed by atoms with Crippen LogP contribution in [0.3, 0.4) is 0 Å². The van der Waals surface area contributed by atoms with E-state index in [1.54, 1.807) is 0 Å². The van der Waals surface area contributed by atoms with Crippen LogP contribution in [0.15, 0.2) is 11.2 Å². The van der Waals surface area contributed by atoms with E-state index in [0.29, 0.717) is 6.20 Å². The van der Waals surface area contributed by atoms with E-state index in [-0.39, 0.29) is 0 Å². The van der Waals surface area contributed by atoms with Gasteiger partial charge in [-0.2, -0.15) is 8.78 Å². The second-order valence-electron chi connectivity index (χ2n) is 1.70. The molecular weight excluding hydrogens is 192 g/mol. The molecule has 0 unspecified atom stereocenters. The van der Waals surface area contributed by atoms with Crippen molar-refractivity contribution >= 4 is 23.2 Å². The Morgan fingerprint density at radius 2 is 2.17 bits per heavy atom. The largest absolute Gasteiger partial charge is 0.364 e. The quantitative estimate of drug-likeness (QED) is 0.450. The molecule has 4 N–H and O–H groups in total. The van der Waals surface area contributed by atoms with Gasteiger partial charge in [0.2, 0.25) is 0 Å². The highest BCUT2D eigenvalue weighted by Gasteiger charge is 2.08. The van der Waals surface area contributed by atoms with Crippen LogP contribution in [0.4, 0.5) is 8.78 Å². The average molecular weight is 198 g/mol. The predicted molar refractivity (Wildman–Crippen MR) is 40.0 cm³/mol. The zero-order chi connectivity index (χ0) is 9.72. The van der Waals surface area contributed by atoms with Gasteiger partial charge >= 0.3 is 6.55 Å². The Bertz CT molecular complexity index is 229. The molecule has 0 aliphatic carbocycles. The molecule has 0 aromatic carbocycles. The summed E-state index contributed by atoms with van der Waals surface area (Å²) >= 11 is 5.21. The smallest absolute Gasteiger partial charge is 0.312 e. The second-order valence-corrected chi connectivity index (χ2v) is 2.11. The fraction of sp³-hybridized carbons (Fsp3) is 0.200. The van der Waals surface area contributed by atoms with Gasteiger partial charge in [-0.25, -0.2) is 0 Å². The molecule has 0 rings (SSSR count). The lowest BCUT2D eigenvalue weighted by Gasteiger charge is -1.99. The van der Waals surface area contributed by atoms with Gasteiger partial charge in [0.1, 0.15) is 5.71 Å². The number of carbonyl (C=O) groups is 1. The third-order valence-electron chi connectivity index (χ3n) is 0.821. The Labute approximate surface area is 71.9 Å². The number of rotatable bonds is 4. The van der Waals surface area contributed by atoms with E-state index in [4.69, 9.17) is 17.0 Å². The molecule has 0 fully saturated rings. The van der Waals surface area contributed by atoms with Crippen LogP contribution in [0.1, 0.15) is 0 Å². The lowest BCUT2D eigenvalue weighted by molar-refractivity contribution is -0.112. The minimum absolute atomic E-state index is 0.456. The SMILES string of the molecule is N=C(C(N)=O)/C(Cl)=C\NC(F)F. The lowest BCUT2D eigenvalue weighted by atomic mass is 10.3. The van der Waals surface area contributed by atoms with Gasteiger partial charge < -0.3 is 11.1 Å². The summed E-state index contributed by atoms with van der Waals surface area (Å²) in [5.74, 6) is -1.08. The van der Waals surface area contributed by atoms with Crippen molar-refractivity contribution in [2.45, 2.75) is 6.55 Å². The number of hydrogen-bond donors (Lipinski definition) is 3. The summed E-state index contributed by atoms with van der Waals surface area (Å²) in [6.45, 7) is -2.79. The summed E-state index contributed by atoms with van der Waals surface area (Å²) in [5, 5.41) is 7.88. The minimum Gasteiger partial charge on any atom is -0.364 e. The van der Waals surface area contributed by atoms with Gasteiger partial charge in [0.15, 0.2) is 0 Å². The summed E-state index contributed by atoms with van der Waals surface area (Å²) in [4.78, 5) is 10.2. The van der Waals surface area contributed by atoms with E-state index < -0.39 is 23.2 Å². The summed E-state index contributed by atoms with van der Waals surface area (Å²) in [7, 11) is 0. The first kappa shape index (κ1) is 10.8. The lowest BCUT2D eigenvalue weighted by Crippen LogP contribution is -2.24. The van der Waals surface area contributed by atoms with E-state index in [1.165, 1.54) is 5.32 Å². The Hall–Kier alpha value is -1.17. The Morgan fingerprint density at radius 1 is 1.67 bits per heavy atom. The third-order valence-corrected chi connectivity index (χ3v) is 1.12. The number of alkyl halides is 2. The standard InChI is InChI=1S/C5H6ClF2N3O/c6-2(1-11-5(7)8)3(9)4(10)12/h1,5,9,11H,(H2,10,12)/b2-1+,9-3?. The van der Waals surface area contributed by atoms with E-state index in [1.807, 2.05) is 0 Å². The van der Waals surface area contributed by atoms with Crippen LogP contribution in [-0.4, -0.2) is 18.2 Å². The Balaban J connectivity index is 4.18. The van der Waals surface area contributed by atoms with Gasteiger partial charge in [-0.3, -0.25) is 10.2 Å². The number of primary amides is 1. The Morgan fingerprint density at radius 3 is 2.50 bits per heavy atom. The van der Waals surface area contributed by atoms with Gasteiger partial charge in [0, 0.05) is 6.20 Å². The molecule has 12 heavy (non-hydrogen) atoms. The zero-order valence-electron chi connectivity index (χ0n) is 5.77. The molecule has 4 nitrogen and oxygen atoms in total. The topological polar surface area (TPSA) is 79.0 Å². The maximum Gasteiger partial charge on any atom is 0.312 e. The first-order chi connectivity index (χ1) is 5.45. The predicted octanol–water partition coefficient (Wildman–Crippen LogP) is 0.384. The molecule has 0 saturated heterocycles. The normalized spacial score (nSPS) is 11.5. The van der Waals surface area contributed by atoms with Gasteiger partial charge in [-0.15, -0.1) is 0 Å². The van der Waals surface area contributed by atoms with E-state index in [2.05, 4.69) is 5.73 Å². The minimum atomic E-state index is -2.79. The molecule has 0 heterocycles. The number of nitrogens with one attached hydrogen (secondary N) is 2. The maximum absolute atomic E-state index is 11.5. The number of carbonyl (C=O) groups excluding carboxylic acids is 1. The van der Waals surface area contributed by atoms with Crippen LogP contribution in [-0.2, 0) is 4.79 Å². The highest BCUT2D eigenvalue weighted by atomic mass is 35.5. The van der Waals surface area contributed by atoms with Crippen molar-refractivity contribution in [3.05, 3.63) is 11.2 Å². The van der Waals surface area contributed by atoms with Crippen LogP contribution in [0.25, 0.3) is 0 Å².